The van der Waals surface area contributed by atoms with Gasteiger partial charge in [0.15, 0.2) is 0 Å². The van der Waals surface area contributed by atoms with Gasteiger partial charge in [0.2, 0.25) is 5.95 Å². The molecule has 5 nitrogen and oxygen atoms in total. The molecule has 1 unspecified atom stereocenters. The van der Waals surface area contributed by atoms with Gasteiger partial charge in [-0.3, -0.25) is 5.43 Å². The molecule has 4 N–H and O–H groups in total. The summed E-state index contributed by atoms with van der Waals surface area (Å²) in [5.41, 5.74) is 2.52. The van der Waals surface area contributed by atoms with E-state index < -0.39 is 0 Å². The molecule has 2 aromatic rings. The van der Waals surface area contributed by atoms with Gasteiger partial charge in [0.05, 0.1) is 5.39 Å². The molecule has 2 heterocycles. The number of anilines is 2. The average Bonchev–Trinajstić information content (AvgIpc) is 2.76. The van der Waals surface area contributed by atoms with E-state index in [0.29, 0.717) is 11.9 Å². The molecule has 1 atom stereocenters. The van der Waals surface area contributed by atoms with Gasteiger partial charge in [-0.1, -0.05) is 6.92 Å². The Bertz CT molecular complexity index is 554. The van der Waals surface area contributed by atoms with Crippen LogP contribution in [0.15, 0.2) is 6.07 Å². The molecule has 0 fully saturated rings. The Labute approximate surface area is 121 Å². The summed E-state index contributed by atoms with van der Waals surface area (Å²) >= 11 is 3.51. The van der Waals surface area contributed by atoms with Crippen LogP contribution in [0, 0.1) is 12.8 Å². The van der Waals surface area contributed by atoms with Gasteiger partial charge in [-0.2, -0.15) is 16.7 Å². The molecule has 0 aliphatic rings. The van der Waals surface area contributed by atoms with Crippen molar-refractivity contribution in [1.29, 1.82) is 0 Å². The highest BCUT2D eigenvalue weighted by molar-refractivity contribution is 7.98. The summed E-state index contributed by atoms with van der Waals surface area (Å²) in [5.74, 6) is 8.45. The third-order valence-electron chi connectivity index (χ3n) is 2.71. The number of nitrogens with one attached hydrogen (secondary N) is 2. The van der Waals surface area contributed by atoms with Gasteiger partial charge in [0.25, 0.3) is 0 Å². The van der Waals surface area contributed by atoms with E-state index in [0.717, 1.165) is 28.3 Å². The first-order valence-corrected chi connectivity index (χ1v) is 8.32. The van der Waals surface area contributed by atoms with Crippen LogP contribution in [0.5, 0.6) is 0 Å². The van der Waals surface area contributed by atoms with Crippen LogP contribution in [0.3, 0.4) is 0 Å². The van der Waals surface area contributed by atoms with E-state index in [2.05, 4.69) is 46.9 Å². The van der Waals surface area contributed by atoms with Crippen LogP contribution in [0.2, 0.25) is 0 Å². The molecule has 0 aliphatic heterocycles. The Morgan fingerprint density at radius 3 is 2.95 bits per heavy atom. The molecule has 0 radical (unpaired) electrons. The van der Waals surface area contributed by atoms with Gasteiger partial charge < -0.3 is 5.32 Å². The van der Waals surface area contributed by atoms with E-state index in [4.69, 9.17) is 5.84 Å². The van der Waals surface area contributed by atoms with E-state index >= 15 is 0 Å². The zero-order valence-corrected chi connectivity index (χ0v) is 13.0. The Kier molecular flexibility index (Phi) is 4.84. The maximum absolute atomic E-state index is 5.42. The van der Waals surface area contributed by atoms with E-state index in [-0.39, 0.29) is 0 Å². The summed E-state index contributed by atoms with van der Waals surface area (Å²) in [4.78, 5) is 11.0. The Morgan fingerprint density at radius 1 is 1.47 bits per heavy atom. The maximum atomic E-state index is 5.42. The molecule has 2 rings (SSSR count). The highest BCUT2D eigenvalue weighted by Crippen LogP contribution is 2.29. The summed E-state index contributed by atoms with van der Waals surface area (Å²) < 4.78 is 0. The van der Waals surface area contributed by atoms with Crippen molar-refractivity contribution < 1.29 is 0 Å². The van der Waals surface area contributed by atoms with Gasteiger partial charge in [0, 0.05) is 11.4 Å². The lowest BCUT2D eigenvalue weighted by Gasteiger charge is -2.12. The average molecular weight is 297 g/mol. The topological polar surface area (TPSA) is 75.9 Å². The second-order valence-electron chi connectivity index (χ2n) is 4.56. The molecule has 0 aromatic carbocycles. The highest BCUT2D eigenvalue weighted by atomic mass is 32.2. The number of aromatic nitrogens is 2. The molecule has 104 valence electrons. The first-order chi connectivity index (χ1) is 9.13. The predicted molar refractivity (Wildman–Crippen MR) is 86.0 cm³/mol. The molecule has 7 heteroatoms. The minimum atomic E-state index is 0.453. The Morgan fingerprint density at radius 2 is 2.26 bits per heavy atom. The van der Waals surface area contributed by atoms with Crippen LogP contribution < -0.4 is 16.6 Å². The van der Waals surface area contributed by atoms with Crippen molar-refractivity contribution in [3.05, 3.63) is 10.9 Å². The van der Waals surface area contributed by atoms with Crippen LogP contribution in [0.25, 0.3) is 10.2 Å². The standard InChI is InChI=1S/C12H19N5S2/c1-7(6-18-3)5-14-10-9-4-8(2)19-11(9)16-12(15-10)17-13/h4,7H,5-6,13H2,1-3H3,(H2,14,15,16,17). The number of hydrogen-bond acceptors (Lipinski definition) is 7. The fraction of sp³-hybridized carbons (Fsp3) is 0.500. The lowest BCUT2D eigenvalue weighted by molar-refractivity contribution is 0.700. The molecule has 2 aromatic heterocycles. The first kappa shape index (κ1) is 14.4. The monoisotopic (exact) mass is 297 g/mol. The number of thioether (sulfide) groups is 1. The third kappa shape index (κ3) is 3.49. The summed E-state index contributed by atoms with van der Waals surface area (Å²) in [5, 5.41) is 4.47. The minimum Gasteiger partial charge on any atom is -0.369 e. The quantitative estimate of drug-likeness (QED) is 0.562. The van der Waals surface area contributed by atoms with E-state index in [1.807, 2.05) is 11.8 Å². The van der Waals surface area contributed by atoms with Gasteiger partial charge in [-0.15, -0.1) is 11.3 Å². The number of hydrogen-bond donors (Lipinski definition) is 3. The highest BCUT2D eigenvalue weighted by Gasteiger charge is 2.11. The summed E-state index contributed by atoms with van der Waals surface area (Å²) in [7, 11) is 0. The molecule has 19 heavy (non-hydrogen) atoms. The van der Waals surface area contributed by atoms with Crippen molar-refractivity contribution in [2.45, 2.75) is 13.8 Å². The lowest BCUT2D eigenvalue weighted by Crippen LogP contribution is -2.16. The van der Waals surface area contributed by atoms with Crippen LogP contribution in [-0.2, 0) is 0 Å². The molecule has 0 saturated heterocycles. The zero-order chi connectivity index (χ0) is 13.8. The number of aryl methyl sites for hydroxylation is 1. The fourth-order valence-electron chi connectivity index (χ4n) is 1.86. The van der Waals surface area contributed by atoms with Crippen molar-refractivity contribution in [3.63, 3.8) is 0 Å². The van der Waals surface area contributed by atoms with Crippen molar-refractivity contribution in [3.8, 4) is 0 Å². The normalized spacial score (nSPS) is 12.6. The summed E-state index contributed by atoms with van der Waals surface area (Å²) in [6.45, 7) is 5.19. The van der Waals surface area contributed by atoms with Crippen LogP contribution >= 0.6 is 23.1 Å². The van der Waals surface area contributed by atoms with Gasteiger partial charge >= 0.3 is 0 Å². The number of hydrazine groups is 1. The van der Waals surface area contributed by atoms with Crippen LogP contribution in [0.1, 0.15) is 11.8 Å². The van der Waals surface area contributed by atoms with E-state index in [9.17, 15) is 0 Å². The number of thiophene rings is 1. The molecule has 0 bridgehead atoms. The number of nitrogen functional groups attached to an aromatic ring is 1. The van der Waals surface area contributed by atoms with Crippen molar-refractivity contribution in [2.75, 3.05) is 29.3 Å². The van der Waals surface area contributed by atoms with Crippen molar-refractivity contribution >= 4 is 45.1 Å². The maximum Gasteiger partial charge on any atom is 0.240 e. The SMILES string of the molecule is CSCC(C)CNc1nc(NN)nc2sc(C)cc12. The molecule has 0 spiro atoms. The van der Waals surface area contributed by atoms with Gasteiger partial charge in [-0.25, -0.2) is 10.8 Å². The molecule has 0 amide bonds. The lowest BCUT2D eigenvalue weighted by atomic mass is 10.2. The fourth-order valence-corrected chi connectivity index (χ4v) is 3.42. The smallest absolute Gasteiger partial charge is 0.240 e. The van der Waals surface area contributed by atoms with Crippen LogP contribution in [0.4, 0.5) is 11.8 Å². The molecular weight excluding hydrogens is 278 g/mol. The summed E-state index contributed by atoms with van der Waals surface area (Å²) in [6.07, 6.45) is 2.12. The molecule has 0 saturated carbocycles. The molecule has 0 aliphatic carbocycles. The number of nitrogens with two attached hydrogens (primary N) is 1. The number of fused-ring (bicyclic) bond motifs is 1. The van der Waals surface area contributed by atoms with Crippen molar-refractivity contribution in [1.82, 2.24) is 9.97 Å². The zero-order valence-electron chi connectivity index (χ0n) is 11.4. The second-order valence-corrected chi connectivity index (χ2v) is 6.70. The largest absolute Gasteiger partial charge is 0.369 e. The third-order valence-corrected chi connectivity index (χ3v) is 4.56. The first-order valence-electron chi connectivity index (χ1n) is 6.11. The summed E-state index contributed by atoms with van der Waals surface area (Å²) in [6, 6.07) is 2.11. The Hall–Kier alpha value is -1.05. The van der Waals surface area contributed by atoms with Crippen LogP contribution in [-0.4, -0.2) is 28.5 Å². The van der Waals surface area contributed by atoms with E-state index in [1.54, 1.807) is 11.3 Å². The number of nitrogens with zero attached hydrogens (tertiary/aromatic N) is 2. The molecular formula is C12H19N5S2. The van der Waals surface area contributed by atoms with Gasteiger partial charge in [0.1, 0.15) is 10.6 Å². The predicted octanol–water partition coefficient (Wildman–Crippen LogP) is 2.70. The number of rotatable bonds is 6. The second kappa shape index (κ2) is 6.40. The Balaban J connectivity index is 2.24. The van der Waals surface area contributed by atoms with E-state index in [1.165, 1.54) is 4.88 Å². The van der Waals surface area contributed by atoms with Crippen molar-refractivity contribution in [2.24, 2.45) is 11.8 Å². The van der Waals surface area contributed by atoms with Gasteiger partial charge in [-0.05, 0) is 30.9 Å². The minimum absolute atomic E-state index is 0.453.